The first-order valence-electron chi connectivity index (χ1n) is 5.85. The van der Waals surface area contributed by atoms with E-state index in [4.69, 9.17) is 0 Å². The third kappa shape index (κ3) is 3.29. The number of hydrogen-bond acceptors (Lipinski definition) is 3. The quantitative estimate of drug-likeness (QED) is 0.805. The van der Waals surface area contributed by atoms with Crippen molar-refractivity contribution in [3.8, 4) is 0 Å². The molecule has 0 atom stereocenters. The molecule has 2 rings (SSSR count). The maximum atomic E-state index is 12.2. The first kappa shape index (κ1) is 13.5. The van der Waals surface area contributed by atoms with Gasteiger partial charge in [0.15, 0.2) is 9.84 Å². The molecule has 0 saturated heterocycles. The van der Waals surface area contributed by atoms with Crippen molar-refractivity contribution in [3.63, 3.8) is 0 Å². The van der Waals surface area contributed by atoms with Crippen LogP contribution in [0.5, 0.6) is 0 Å². The van der Waals surface area contributed by atoms with Crippen molar-refractivity contribution < 1.29 is 13.2 Å². The van der Waals surface area contributed by atoms with Crippen LogP contribution in [-0.4, -0.2) is 14.7 Å². The van der Waals surface area contributed by atoms with Crippen molar-refractivity contribution in [1.82, 2.24) is 0 Å². The molecule has 2 aromatic carbocycles. The summed E-state index contributed by atoms with van der Waals surface area (Å²) < 4.78 is 24.4. The van der Waals surface area contributed by atoms with Crippen molar-refractivity contribution >= 4 is 16.1 Å². The fraction of sp³-hybridized carbons (Fsp3) is 0.133. The molecule has 3 nitrogen and oxygen atoms in total. The summed E-state index contributed by atoms with van der Waals surface area (Å²) in [5, 5.41) is 0. The molecule has 0 saturated carbocycles. The van der Waals surface area contributed by atoms with Crippen LogP contribution in [0.1, 0.15) is 21.5 Å². The maximum Gasteiger partial charge on any atom is 0.182 e. The van der Waals surface area contributed by atoms with Crippen LogP contribution in [0.2, 0.25) is 0 Å². The summed E-state index contributed by atoms with van der Waals surface area (Å²) in [6.07, 6.45) is 0.734. The molecule has 0 aliphatic carbocycles. The van der Waals surface area contributed by atoms with Gasteiger partial charge in [-0.1, -0.05) is 42.0 Å². The molecule has 4 heteroatoms. The Balaban J connectivity index is 2.25. The van der Waals surface area contributed by atoms with Crippen LogP contribution in [0.25, 0.3) is 0 Å². The van der Waals surface area contributed by atoms with Gasteiger partial charge in [-0.05, 0) is 24.6 Å². The van der Waals surface area contributed by atoms with Gasteiger partial charge in [-0.25, -0.2) is 8.42 Å². The number of benzene rings is 2. The predicted molar refractivity (Wildman–Crippen MR) is 73.9 cm³/mol. The van der Waals surface area contributed by atoms with Gasteiger partial charge in [0.2, 0.25) is 0 Å². The second kappa shape index (κ2) is 5.36. The number of rotatable bonds is 4. The number of carbonyl (C=O) groups excluding carboxylic acids is 1. The molecule has 0 aliphatic heterocycles. The van der Waals surface area contributed by atoms with Crippen LogP contribution >= 0.6 is 0 Å². The molecule has 0 fully saturated rings. The van der Waals surface area contributed by atoms with E-state index in [0.717, 1.165) is 11.8 Å². The Hall–Kier alpha value is -1.94. The van der Waals surface area contributed by atoms with Gasteiger partial charge in [0.1, 0.15) is 6.29 Å². The molecular formula is C15H14O3S. The molecule has 0 aromatic heterocycles. The third-order valence-corrected chi connectivity index (χ3v) is 4.56. The smallest absolute Gasteiger partial charge is 0.182 e. The fourth-order valence-corrected chi connectivity index (χ4v) is 3.09. The monoisotopic (exact) mass is 274 g/mol. The molecule has 2 aromatic rings. The lowest BCUT2D eigenvalue weighted by atomic mass is 10.2. The molecule has 0 aliphatic rings. The number of sulfone groups is 1. The lowest BCUT2D eigenvalue weighted by Crippen LogP contribution is -2.05. The van der Waals surface area contributed by atoms with Gasteiger partial charge in [0.05, 0.1) is 10.6 Å². The second-order valence-electron chi connectivity index (χ2n) is 4.43. The van der Waals surface area contributed by atoms with Crippen LogP contribution in [0.15, 0.2) is 53.4 Å². The molecule has 0 amide bonds. The Morgan fingerprint density at radius 1 is 0.947 bits per heavy atom. The van der Waals surface area contributed by atoms with Crippen LogP contribution in [0, 0.1) is 6.92 Å². The van der Waals surface area contributed by atoms with Gasteiger partial charge in [0, 0.05) is 5.56 Å². The normalized spacial score (nSPS) is 11.2. The van der Waals surface area contributed by atoms with Crippen molar-refractivity contribution in [3.05, 3.63) is 65.2 Å². The molecule has 0 spiro atoms. The number of aryl methyl sites for hydroxylation is 1. The summed E-state index contributed by atoms with van der Waals surface area (Å²) in [7, 11) is -3.34. The number of hydrogen-bond donors (Lipinski definition) is 0. The van der Waals surface area contributed by atoms with E-state index in [0.29, 0.717) is 16.0 Å². The summed E-state index contributed by atoms with van der Waals surface area (Å²) in [5.74, 6) is -0.0603. The molecule has 0 bridgehead atoms. The van der Waals surface area contributed by atoms with Gasteiger partial charge in [-0.15, -0.1) is 0 Å². The predicted octanol–water partition coefficient (Wildman–Crippen LogP) is 2.78. The van der Waals surface area contributed by atoms with Crippen molar-refractivity contribution in [2.24, 2.45) is 0 Å². The van der Waals surface area contributed by atoms with E-state index in [1.54, 1.807) is 48.5 Å². The zero-order valence-electron chi connectivity index (χ0n) is 10.5. The average molecular weight is 274 g/mol. The minimum absolute atomic E-state index is 0.0603. The number of carbonyl (C=O) groups is 1. The van der Waals surface area contributed by atoms with Crippen LogP contribution < -0.4 is 0 Å². The minimum atomic E-state index is -3.34. The largest absolute Gasteiger partial charge is 0.298 e. The molecule has 98 valence electrons. The summed E-state index contributed by atoms with van der Waals surface area (Å²) in [6.45, 7) is 1.91. The Morgan fingerprint density at radius 2 is 1.53 bits per heavy atom. The van der Waals surface area contributed by atoms with E-state index in [1.807, 2.05) is 6.92 Å². The molecule has 0 heterocycles. The minimum Gasteiger partial charge on any atom is -0.298 e. The SMILES string of the molecule is Cc1ccc(S(=O)(=O)Cc2ccc(C=O)cc2)cc1. The van der Waals surface area contributed by atoms with Gasteiger partial charge in [-0.3, -0.25) is 4.79 Å². The van der Waals surface area contributed by atoms with Gasteiger partial charge < -0.3 is 0 Å². The second-order valence-corrected chi connectivity index (χ2v) is 6.42. The van der Waals surface area contributed by atoms with Gasteiger partial charge in [-0.2, -0.15) is 0 Å². The van der Waals surface area contributed by atoms with E-state index in [-0.39, 0.29) is 5.75 Å². The summed E-state index contributed by atoms with van der Waals surface area (Å²) in [6, 6.07) is 13.4. The molecule has 0 radical (unpaired) electrons. The maximum absolute atomic E-state index is 12.2. The number of aldehydes is 1. The van der Waals surface area contributed by atoms with Gasteiger partial charge >= 0.3 is 0 Å². The Bertz CT molecular complexity index is 668. The fourth-order valence-electron chi connectivity index (χ4n) is 1.74. The van der Waals surface area contributed by atoms with E-state index in [9.17, 15) is 13.2 Å². The summed E-state index contributed by atoms with van der Waals surface area (Å²) in [4.78, 5) is 10.9. The first-order chi connectivity index (χ1) is 9.01. The highest BCUT2D eigenvalue weighted by molar-refractivity contribution is 7.90. The molecular weight excluding hydrogens is 260 g/mol. The Labute approximate surface area is 112 Å². The van der Waals surface area contributed by atoms with Crippen molar-refractivity contribution in [2.45, 2.75) is 17.6 Å². The topological polar surface area (TPSA) is 51.2 Å². The third-order valence-electron chi connectivity index (χ3n) is 2.85. The average Bonchev–Trinajstić information content (AvgIpc) is 2.40. The zero-order chi connectivity index (χ0) is 13.9. The van der Waals surface area contributed by atoms with Crippen molar-refractivity contribution in [1.29, 1.82) is 0 Å². The zero-order valence-corrected chi connectivity index (χ0v) is 11.4. The first-order valence-corrected chi connectivity index (χ1v) is 7.50. The Morgan fingerprint density at radius 3 is 2.05 bits per heavy atom. The van der Waals surface area contributed by atoms with Crippen LogP contribution in [0.4, 0.5) is 0 Å². The Kier molecular flexibility index (Phi) is 3.81. The standard InChI is InChI=1S/C15H14O3S/c1-12-2-8-15(9-3-12)19(17,18)11-14-6-4-13(10-16)5-7-14/h2-10H,11H2,1H3. The highest BCUT2D eigenvalue weighted by Gasteiger charge is 2.14. The molecule has 0 N–H and O–H groups in total. The lowest BCUT2D eigenvalue weighted by molar-refractivity contribution is 0.112. The molecule has 19 heavy (non-hydrogen) atoms. The lowest BCUT2D eigenvalue weighted by Gasteiger charge is -2.05. The highest BCUT2D eigenvalue weighted by atomic mass is 32.2. The van der Waals surface area contributed by atoms with Gasteiger partial charge in [0.25, 0.3) is 0 Å². The van der Waals surface area contributed by atoms with Crippen molar-refractivity contribution in [2.75, 3.05) is 0 Å². The summed E-state index contributed by atoms with van der Waals surface area (Å²) >= 11 is 0. The van der Waals surface area contributed by atoms with Crippen LogP contribution in [-0.2, 0) is 15.6 Å². The van der Waals surface area contributed by atoms with Crippen LogP contribution in [0.3, 0.4) is 0 Å². The van der Waals surface area contributed by atoms with E-state index in [1.165, 1.54) is 0 Å². The highest BCUT2D eigenvalue weighted by Crippen LogP contribution is 2.17. The summed E-state index contributed by atoms with van der Waals surface area (Å²) in [5.41, 5.74) is 2.23. The molecule has 0 unspecified atom stereocenters. The van der Waals surface area contributed by atoms with E-state index in [2.05, 4.69) is 0 Å². The van der Waals surface area contributed by atoms with E-state index < -0.39 is 9.84 Å². The van der Waals surface area contributed by atoms with E-state index >= 15 is 0 Å².